The number of thioether (sulfide) groups is 1. The van der Waals surface area contributed by atoms with E-state index >= 15 is 0 Å². The molecule has 1 heterocycles. The van der Waals surface area contributed by atoms with Gasteiger partial charge in [-0.15, -0.1) is 0 Å². The van der Waals surface area contributed by atoms with Crippen LogP contribution < -0.4 is 4.74 Å². The molecule has 0 saturated carbocycles. The van der Waals surface area contributed by atoms with E-state index in [0.29, 0.717) is 15.8 Å². The summed E-state index contributed by atoms with van der Waals surface area (Å²) in [4.78, 5) is 0. The Morgan fingerprint density at radius 2 is 2.06 bits per heavy atom. The molecular formula is C12H14BrFOS. The van der Waals surface area contributed by atoms with Gasteiger partial charge >= 0.3 is 0 Å². The first-order chi connectivity index (χ1) is 7.68. The highest BCUT2D eigenvalue weighted by Gasteiger charge is 2.17. The normalized spacial score (nSPS) is 17.4. The summed E-state index contributed by atoms with van der Waals surface area (Å²) >= 11 is 5.13. The number of hydrogen-bond donors (Lipinski definition) is 0. The molecule has 4 heteroatoms. The monoisotopic (exact) mass is 304 g/mol. The van der Waals surface area contributed by atoms with Crippen LogP contribution >= 0.6 is 27.7 Å². The molecule has 2 rings (SSSR count). The van der Waals surface area contributed by atoms with Crippen LogP contribution in [-0.2, 0) is 0 Å². The van der Waals surface area contributed by atoms with Crippen LogP contribution in [-0.4, -0.2) is 17.6 Å². The third-order valence-corrected chi connectivity index (χ3v) is 4.41. The summed E-state index contributed by atoms with van der Waals surface area (Å²) < 4.78 is 20.0. The van der Waals surface area contributed by atoms with E-state index < -0.39 is 0 Å². The van der Waals surface area contributed by atoms with Crippen LogP contribution in [0.1, 0.15) is 18.4 Å². The molecule has 0 N–H and O–H groups in total. The number of halogens is 2. The molecule has 1 saturated heterocycles. The standard InChI is InChI=1S/C12H14BrFOS/c1-8-11(3-2-10(13)12(8)14)15-9-4-6-16-7-5-9/h2-3,9H,4-7H2,1H3. The molecule has 0 spiro atoms. The van der Waals surface area contributed by atoms with Gasteiger partial charge in [-0.1, -0.05) is 0 Å². The minimum absolute atomic E-state index is 0.220. The molecule has 1 aromatic carbocycles. The van der Waals surface area contributed by atoms with Gasteiger partial charge in [-0.25, -0.2) is 4.39 Å². The fraction of sp³-hybridized carbons (Fsp3) is 0.500. The molecular weight excluding hydrogens is 291 g/mol. The van der Waals surface area contributed by atoms with Crippen molar-refractivity contribution < 1.29 is 9.13 Å². The Morgan fingerprint density at radius 3 is 2.75 bits per heavy atom. The molecule has 0 radical (unpaired) electrons. The van der Waals surface area contributed by atoms with Crippen molar-refractivity contribution in [3.63, 3.8) is 0 Å². The Hall–Kier alpha value is -0.220. The lowest BCUT2D eigenvalue weighted by atomic mass is 10.2. The zero-order chi connectivity index (χ0) is 11.5. The van der Waals surface area contributed by atoms with Crippen molar-refractivity contribution in [2.24, 2.45) is 0 Å². The molecule has 88 valence electrons. The molecule has 1 aliphatic rings. The van der Waals surface area contributed by atoms with E-state index in [-0.39, 0.29) is 11.9 Å². The molecule has 0 aromatic heterocycles. The summed E-state index contributed by atoms with van der Waals surface area (Å²) in [7, 11) is 0. The quantitative estimate of drug-likeness (QED) is 0.811. The first-order valence-corrected chi connectivity index (χ1v) is 7.32. The van der Waals surface area contributed by atoms with Crippen LogP contribution in [0.5, 0.6) is 5.75 Å². The fourth-order valence-corrected chi connectivity index (χ4v) is 3.23. The van der Waals surface area contributed by atoms with Crippen molar-refractivity contribution in [3.05, 3.63) is 28.0 Å². The van der Waals surface area contributed by atoms with E-state index in [1.165, 1.54) is 0 Å². The Balaban J connectivity index is 2.11. The van der Waals surface area contributed by atoms with Gasteiger partial charge < -0.3 is 4.74 Å². The Kier molecular flexibility index (Phi) is 4.14. The average molecular weight is 305 g/mol. The number of rotatable bonds is 2. The molecule has 0 atom stereocenters. The maximum atomic E-state index is 13.6. The van der Waals surface area contributed by atoms with Crippen LogP contribution in [0.2, 0.25) is 0 Å². The highest BCUT2D eigenvalue weighted by atomic mass is 79.9. The van der Waals surface area contributed by atoms with Gasteiger partial charge in [-0.05, 0) is 59.3 Å². The topological polar surface area (TPSA) is 9.23 Å². The number of hydrogen-bond acceptors (Lipinski definition) is 2. The van der Waals surface area contributed by atoms with Gasteiger partial charge in [0.15, 0.2) is 0 Å². The van der Waals surface area contributed by atoms with Crippen molar-refractivity contribution in [2.45, 2.75) is 25.9 Å². The summed E-state index contributed by atoms with van der Waals surface area (Å²) in [6.45, 7) is 1.76. The van der Waals surface area contributed by atoms with Gasteiger partial charge in [0.25, 0.3) is 0 Å². The number of benzene rings is 1. The minimum atomic E-state index is -0.220. The van der Waals surface area contributed by atoms with Crippen molar-refractivity contribution in [1.82, 2.24) is 0 Å². The van der Waals surface area contributed by atoms with E-state index in [2.05, 4.69) is 15.9 Å². The van der Waals surface area contributed by atoms with Gasteiger partial charge in [-0.2, -0.15) is 11.8 Å². The maximum absolute atomic E-state index is 13.6. The zero-order valence-electron chi connectivity index (χ0n) is 9.13. The molecule has 1 fully saturated rings. The van der Waals surface area contributed by atoms with E-state index in [1.807, 2.05) is 17.8 Å². The van der Waals surface area contributed by atoms with Crippen molar-refractivity contribution in [2.75, 3.05) is 11.5 Å². The van der Waals surface area contributed by atoms with Gasteiger partial charge in [-0.3, -0.25) is 0 Å². The second-order valence-corrected chi connectivity index (χ2v) is 5.99. The molecule has 1 aliphatic heterocycles. The lowest BCUT2D eigenvalue weighted by Gasteiger charge is -2.23. The minimum Gasteiger partial charge on any atom is -0.490 e. The largest absolute Gasteiger partial charge is 0.490 e. The SMILES string of the molecule is Cc1c(OC2CCSCC2)ccc(Br)c1F. The van der Waals surface area contributed by atoms with Gasteiger partial charge in [0, 0.05) is 5.56 Å². The van der Waals surface area contributed by atoms with E-state index in [4.69, 9.17) is 4.74 Å². The second-order valence-electron chi connectivity index (χ2n) is 3.91. The van der Waals surface area contributed by atoms with Crippen molar-refractivity contribution in [3.8, 4) is 5.75 Å². The average Bonchev–Trinajstić information content (AvgIpc) is 2.31. The van der Waals surface area contributed by atoms with Gasteiger partial charge in [0.1, 0.15) is 17.7 Å². The Labute approximate surface area is 108 Å². The molecule has 1 nitrogen and oxygen atoms in total. The smallest absolute Gasteiger partial charge is 0.143 e. The van der Waals surface area contributed by atoms with Crippen molar-refractivity contribution in [1.29, 1.82) is 0 Å². The fourth-order valence-electron chi connectivity index (χ4n) is 1.74. The molecule has 16 heavy (non-hydrogen) atoms. The van der Waals surface area contributed by atoms with E-state index in [0.717, 1.165) is 24.3 Å². The molecule has 1 aromatic rings. The molecule has 0 amide bonds. The lowest BCUT2D eigenvalue weighted by Crippen LogP contribution is -2.22. The maximum Gasteiger partial charge on any atom is 0.143 e. The van der Waals surface area contributed by atoms with Crippen LogP contribution in [0.15, 0.2) is 16.6 Å². The van der Waals surface area contributed by atoms with Gasteiger partial charge in [0.05, 0.1) is 4.47 Å². The highest BCUT2D eigenvalue weighted by molar-refractivity contribution is 9.10. The second kappa shape index (κ2) is 5.41. The summed E-state index contributed by atoms with van der Waals surface area (Å²) in [6, 6.07) is 3.54. The first kappa shape index (κ1) is 12.2. The van der Waals surface area contributed by atoms with Crippen LogP contribution in [0.25, 0.3) is 0 Å². The zero-order valence-corrected chi connectivity index (χ0v) is 11.5. The molecule has 0 unspecified atom stereocenters. The number of ether oxygens (including phenoxy) is 1. The third-order valence-electron chi connectivity index (χ3n) is 2.75. The van der Waals surface area contributed by atoms with Crippen molar-refractivity contribution >= 4 is 27.7 Å². The Bertz CT molecular complexity index is 378. The van der Waals surface area contributed by atoms with Crippen LogP contribution in [0, 0.1) is 12.7 Å². The van der Waals surface area contributed by atoms with Gasteiger partial charge in [0.2, 0.25) is 0 Å². The summed E-state index contributed by atoms with van der Waals surface area (Å²) in [5, 5.41) is 0. The predicted octanol–water partition coefficient (Wildman–Crippen LogP) is 4.17. The Morgan fingerprint density at radius 1 is 1.38 bits per heavy atom. The highest BCUT2D eigenvalue weighted by Crippen LogP contribution is 2.29. The first-order valence-electron chi connectivity index (χ1n) is 5.37. The van der Waals surface area contributed by atoms with E-state index in [9.17, 15) is 4.39 Å². The molecule has 0 aliphatic carbocycles. The summed E-state index contributed by atoms with van der Waals surface area (Å²) in [6.07, 6.45) is 2.37. The lowest BCUT2D eigenvalue weighted by molar-refractivity contribution is 0.190. The molecule has 0 bridgehead atoms. The summed E-state index contributed by atoms with van der Waals surface area (Å²) in [5.41, 5.74) is 0.590. The van der Waals surface area contributed by atoms with Crippen LogP contribution in [0.3, 0.4) is 0 Å². The van der Waals surface area contributed by atoms with Crippen LogP contribution in [0.4, 0.5) is 4.39 Å². The predicted molar refractivity (Wildman–Crippen MR) is 69.8 cm³/mol. The summed E-state index contributed by atoms with van der Waals surface area (Å²) in [5.74, 6) is 2.74. The third kappa shape index (κ3) is 2.72. The van der Waals surface area contributed by atoms with E-state index in [1.54, 1.807) is 13.0 Å².